The number of alkyl halides is 6. The Morgan fingerprint density at radius 2 is 0.909 bits per heavy atom. The van der Waals surface area contributed by atoms with E-state index in [2.05, 4.69) is 9.78 Å². The van der Waals surface area contributed by atoms with E-state index in [-0.39, 0.29) is 0 Å². The van der Waals surface area contributed by atoms with Crippen molar-refractivity contribution in [3.05, 3.63) is 0 Å². The van der Waals surface area contributed by atoms with Crippen molar-refractivity contribution in [1.29, 1.82) is 0 Å². The van der Waals surface area contributed by atoms with E-state index in [0.717, 1.165) is 0 Å². The van der Waals surface area contributed by atoms with Gasteiger partial charge in [0.2, 0.25) is 0 Å². The van der Waals surface area contributed by atoms with E-state index in [0.29, 0.717) is 0 Å². The summed E-state index contributed by atoms with van der Waals surface area (Å²) in [6, 6.07) is 0. The zero-order valence-corrected chi connectivity index (χ0v) is 4.58. The van der Waals surface area contributed by atoms with Gasteiger partial charge in [-0.2, -0.15) is 36.1 Å². The van der Waals surface area contributed by atoms with E-state index in [1.165, 1.54) is 0 Å². The van der Waals surface area contributed by atoms with Crippen LogP contribution in [0, 0.1) is 0 Å². The molecule has 0 aromatic rings. The maximum absolute atomic E-state index is 11.8. The van der Waals surface area contributed by atoms with Crippen LogP contribution in [-0.2, 0) is 9.78 Å². The summed E-state index contributed by atoms with van der Waals surface area (Å²) in [6.45, 7) is 0. The Hall–Kier alpha value is -0.500. The summed E-state index contributed by atoms with van der Waals surface area (Å²) < 4.78 is 70.1. The van der Waals surface area contributed by atoms with Crippen molar-refractivity contribution < 1.29 is 36.1 Å². The van der Waals surface area contributed by atoms with Crippen LogP contribution in [-0.4, -0.2) is 18.1 Å². The molecular formula is C3F6O2. The molecule has 1 heterocycles. The highest BCUT2D eigenvalue weighted by atomic mass is 19.4. The van der Waals surface area contributed by atoms with Gasteiger partial charge in [-0.05, 0) is 0 Å². The fraction of sp³-hybridized carbons (Fsp3) is 1.00. The van der Waals surface area contributed by atoms with Crippen LogP contribution in [0.15, 0.2) is 0 Å². The maximum atomic E-state index is 11.8. The van der Waals surface area contributed by atoms with Crippen molar-refractivity contribution in [1.82, 2.24) is 0 Å². The van der Waals surface area contributed by atoms with Gasteiger partial charge >= 0.3 is 18.1 Å². The van der Waals surface area contributed by atoms with Gasteiger partial charge in [0.05, 0.1) is 0 Å². The Balaban J connectivity index is 3.00. The van der Waals surface area contributed by atoms with Crippen LogP contribution in [0.5, 0.6) is 0 Å². The van der Waals surface area contributed by atoms with Crippen molar-refractivity contribution in [2.24, 2.45) is 0 Å². The molecule has 1 aliphatic heterocycles. The average Bonchev–Trinajstić information content (AvgIpc) is 1.93. The van der Waals surface area contributed by atoms with E-state index >= 15 is 0 Å². The molecule has 0 spiro atoms. The summed E-state index contributed by atoms with van der Waals surface area (Å²) in [5.74, 6) is -5.62. The minimum Gasteiger partial charge on any atom is -0.186 e. The van der Waals surface area contributed by atoms with Gasteiger partial charge in [0.1, 0.15) is 0 Å². The first-order valence-corrected chi connectivity index (χ1v) is 2.21. The average molecular weight is 182 g/mol. The molecule has 0 atom stereocenters. The molecule has 0 amide bonds. The van der Waals surface area contributed by atoms with Crippen LogP contribution in [0.25, 0.3) is 0 Å². The summed E-state index contributed by atoms with van der Waals surface area (Å²) in [5, 5.41) is 0. The van der Waals surface area contributed by atoms with E-state index < -0.39 is 18.1 Å². The number of hydrogen-bond donors (Lipinski definition) is 0. The Kier molecular flexibility index (Phi) is 1.41. The van der Waals surface area contributed by atoms with E-state index in [1.807, 2.05) is 0 Å². The van der Waals surface area contributed by atoms with Gasteiger partial charge in [0.25, 0.3) is 0 Å². The Bertz CT molecular complexity index is 159. The van der Waals surface area contributed by atoms with Crippen molar-refractivity contribution in [2.45, 2.75) is 18.1 Å². The third-order valence-corrected chi connectivity index (χ3v) is 0.982. The molecule has 11 heavy (non-hydrogen) atoms. The van der Waals surface area contributed by atoms with Crippen LogP contribution in [0.1, 0.15) is 0 Å². The van der Waals surface area contributed by atoms with Gasteiger partial charge in [-0.25, -0.2) is 0 Å². The molecule has 0 N–H and O–H groups in total. The number of halogens is 6. The molecule has 66 valence electrons. The van der Waals surface area contributed by atoms with Crippen LogP contribution in [0.4, 0.5) is 26.3 Å². The third kappa shape index (κ3) is 0.890. The summed E-state index contributed by atoms with van der Waals surface area (Å²) in [5.41, 5.74) is 0. The SMILES string of the molecule is FC1(F)OOC(F)(F)C1(F)F. The molecule has 8 heteroatoms. The molecule has 1 rings (SSSR count). The highest BCUT2D eigenvalue weighted by Crippen LogP contribution is 2.52. The molecule has 0 aromatic carbocycles. The summed E-state index contributed by atoms with van der Waals surface area (Å²) in [7, 11) is 0. The lowest BCUT2D eigenvalue weighted by Crippen LogP contribution is -2.47. The molecule has 0 bridgehead atoms. The van der Waals surface area contributed by atoms with Crippen molar-refractivity contribution in [2.75, 3.05) is 0 Å². The second-order valence-corrected chi connectivity index (χ2v) is 1.77. The smallest absolute Gasteiger partial charge is 0.186 e. The Morgan fingerprint density at radius 3 is 1.00 bits per heavy atom. The molecule has 0 aromatic heterocycles. The lowest BCUT2D eigenvalue weighted by Gasteiger charge is -2.15. The highest BCUT2D eigenvalue weighted by molar-refractivity contribution is 4.87. The summed E-state index contributed by atoms with van der Waals surface area (Å²) in [6.07, 6.45) is -10.6. The monoisotopic (exact) mass is 182 g/mol. The topological polar surface area (TPSA) is 18.5 Å². The van der Waals surface area contributed by atoms with Gasteiger partial charge in [-0.15, -0.1) is 0 Å². The molecule has 0 aliphatic carbocycles. The first-order valence-electron chi connectivity index (χ1n) is 2.21. The summed E-state index contributed by atoms with van der Waals surface area (Å²) in [4.78, 5) is 4.88. The lowest BCUT2D eigenvalue weighted by atomic mass is 10.3. The van der Waals surface area contributed by atoms with Crippen molar-refractivity contribution in [3.63, 3.8) is 0 Å². The second-order valence-electron chi connectivity index (χ2n) is 1.77. The zero-order chi connectivity index (χ0) is 8.91. The standard InChI is InChI=1S/C3F6O2/c4-1(5)2(6,7)10-11-3(1,8)9. The van der Waals surface area contributed by atoms with E-state index in [4.69, 9.17) is 0 Å². The van der Waals surface area contributed by atoms with Crippen LogP contribution >= 0.6 is 0 Å². The molecule has 0 saturated carbocycles. The largest absolute Gasteiger partial charge is 0.454 e. The van der Waals surface area contributed by atoms with Gasteiger partial charge in [-0.3, -0.25) is 0 Å². The quantitative estimate of drug-likeness (QED) is 0.419. The van der Waals surface area contributed by atoms with Crippen LogP contribution < -0.4 is 0 Å². The normalized spacial score (nSPS) is 32.2. The first kappa shape index (κ1) is 8.60. The molecule has 1 aliphatic rings. The minimum atomic E-state index is -5.62. The number of hydrogen-bond acceptors (Lipinski definition) is 2. The molecule has 0 radical (unpaired) electrons. The van der Waals surface area contributed by atoms with Crippen LogP contribution in [0.2, 0.25) is 0 Å². The van der Waals surface area contributed by atoms with E-state index in [1.54, 1.807) is 0 Å². The van der Waals surface area contributed by atoms with Gasteiger partial charge < -0.3 is 0 Å². The van der Waals surface area contributed by atoms with Crippen molar-refractivity contribution in [3.8, 4) is 0 Å². The molecular weight excluding hydrogens is 182 g/mol. The van der Waals surface area contributed by atoms with Gasteiger partial charge in [-0.1, -0.05) is 0 Å². The lowest BCUT2D eigenvalue weighted by molar-refractivity contribution is -0.444. The predicted molar refractivity (Wildman–Crippen MR) is 17.0 cm³/mol. The zero-order valence-electron chi connectivity index (χ0n) is 4.58. The molecule has 0 unspecified atom stereocenters. The Labute approximate surface area is 55.6 Å². The molecule has 1 fully saturated rings. The summed E-state index contributed by atoms with van der Waals surface area (Å²) >= 11 is 0. The predicted octanol–water partition coefficient (Wildman–Crippen LogP) is 1.77. The van der Waals surface area contributed by atoms with Gasteiger partial charge in [0, 0.05) is 0 Å². The highest BCUT2D eigenvalue weighted by Gasteiger charge is 2.81. The van der Waals surface area contributed by atoms with Crippen LogP contribution in [0.3, 0.4) is 0 Å². The second kappa shape index (κ2) is 1.81. The van der Waals surface area contributed by atoms with E-state index in [9.17, 15) is 26.3 Å². The molecule has 2 nitrogen and oxygen atoms in total. The maximum Gasteiger partial charge on any atom is 0.454 e. The minimum absolute atomic E-state index is 2.44. The number of rotatable bonds is 0. The Morgan fingerprint density at radius 1 is 0.636 bits per heavy atom. The first-order chi connectivity index (χ1) is 4.71. The third-order valence-electron chi connectivity index (χ3n) is 0.982. The van der Waals surface area contributed by atoms with Crippen molar-refractivity contribution >= 4 is 0 Å². The fourth-order valence-electron chi connectivity index (χ4n) is 0.379. The fourth-order valence-corrected chi connectivity index (χ4v) is 0.379. The molecule has 1 saturated heterocycles. The van der Waals surface area contributed by atoms with Gasteiger partial charge in [0.15, 0.2) is 0 Å².